The Morgan fingerprint density at radius 2 is 2.23 bits per heavy atom. The lowest BCUT2D eigenvalue weighted by atomic mass is 9.84. The zero-order chi connectivity index (χ0) is 17.7. The van der Waals surface area contributed by atoms with Crippen molar-refractivity contribution < 1.29 is 9.32 Å². The number of nitrogens with zero attached hydrogens (tertiary/aromatic N) is 3. The molecule has 2 bridgehead atoms. The van der Waals surface area contributed by atoms with Crippen LogP contribution in [0.1, 0.15) is 28.9 Å². The summed E-state index contributed by atoms with van der Waals surface area (Å²) < 4.78 is 5.37. The average molecular weight is 368 g/mol. The van der Waals surface area contributed by atoms with Crippen LogP contribution in [0.5, 0.6) is 0 Å². The van der Waals surface area contributed by atoms with Crippen molar-refractivity contribution in [2.24, 2.45) is 5.92 Å². The standard InChI is InChI=1S/C19H20N4O2S/c1-11-17-13(18(24)20-15-10-23-6-4-12(15)5-7-23)9-14(16-3-2-8-26-16)21-19(17)25-22-11/h2-3,8-9,12,15H,4-7,10H2,1H3,(H,20,24). The van der Waals surface area contributed by atoms with Crippen LogP contribution >= 0.6 is 11.3 Å². The zero-order valence-electron chi connectivity index (χ0n) is 14.6. The largest absolute Gasteiger partial charge is 0.348 e. The van der Waals surface area contributed by atoms with E-state index in [9.17, 15) is 4.79 Å². The summed E-state index contributed by atoms with van der Waals surface area (Å²) in [5.74, 6) is 0.530. The maximum Gasteiger partial charge on any atom is 0.259 e. The summed E-state index contributed by atoms with van der Waals surface area (Å²) in [6.45, 7) is 5.11. The number of amides is 1. The molecule has 134 valence electrons. The van der Waals surface area contributed by atoms with E-state index in [1.807, 2.05) is 30.5 Å². The minimum Gasteiger partial charge on any atom is -0.348 e. The molecular weight excluding hydrogens is 348 g/mol. The molecule has 3 aromatic heterocycles. The number of aryl methyl sites for hydroxylation is 1. The Morgan fingerprint density at radius 1 is 1.38 bits per heavy atom. The first-order valence-corrected chi connectivity index (χ1v) is 9.91. The maximum atomic E-state index is 13.2. The van der Waals surface area contributed by atoms with Gasteiger partial charge in [-0.3, -0.25) is 4.79 Å². The van der Waals surface area contributed by atoms with Crippen LogP contribution in [0.25, 0.3) is 21.7 Å². The van der Waals surface area contributed by atoms with Crippen LogP contribution in [-0.4, -0.2) is 46.6 Å². The van der Waals surface area contributed by atoms with Gasteiger partial charge in [0.05, 0.1) is 27.2 Å². The molecule has 6 heterocycles. The third-order valence-corrected chi connectivity index (χ3v) is 6.50. The van der Waals surface area contributed by atoms with E-state index in [-0.39, 0.29) is 11.9 Å². The fourth-order valence-corrected chi connectivity index (χ4v) is 4.89. The molecule has 3 saturated heterocycles. The monoisotopic (exact) mass is 368 g/mol. The lowest BCUT2D eigenvalue weighted by Crippen LogP contribution is -2.57. The van der Waals surface area contributed by atoms with E-state index < -0.39 is 0 Å². The first-order chi connectivity index (χ1) is 12.7. The summed E-state index contributed by atoms with van der Waals surface area (Å²) in [7, 11) is 0. The number of hydrogen-bond acceptors (Lipinski definition) is 6. The van der Waals surface area contributed by atoms with E-state index in [0.29, 0.717) is 28.3 Å². The van der Waals surface area contributed by atoms with Gasteiger partial charge in [-0.1, -0.05) is 11.2 Å². The molecule has 0 aromatic carbocycles. The second-order valence-corrected chi connectivity index (χ2v) is 8.15. The fourth-order valence-electron chi connectivity index (χ4n) is 4.20. The van der Waals surface area contributed by atoms with Gasteiger partial charge < -0.3 is 14.7 Å². The van der Waals surface area contributed by atoms with E-state index >= 15 is 0 Å². The second kappa shape index (κ2) is 6.17. The summed E-state index contributed by atoms with van der Waals surface area (Å²) in [5.41, 5.74) is 2.48. The summed E-state index contributed by atoms with van der Waals surface area (Å²) in [4.78, 5) is 21.2. The highest BCUT2D eigenvalue weighted by Gasteiger charge is 2.35. The van der Waals surface area contributed by atoms with Gasteiger partial charge in [-0.2, -0.15) is 0 Å². The summed E-state index contributed by atoms with van der Waals surface area (Å²) >= 11 is 1.59. The molecule has 1 atom stereocenters. The number of carbonyl (C=O) groups is 1. The molecule has 3 fully saturated rings. The number of rotatable bonds is 3. The summed E-state index contributed by atoms with van der Waals surface area (Å²) in [6, 6.07) is 6.06. The molecule has 0 saturated carbocycles. The molecule has 0 radical (unpaired) electrons. The Hall–Kier alpha value is -2.25. The van der Waals surface area contributed by atoms with Crippen molar-refractivity contribution >= 4 is 28.3 Å². The molecule has 0 aliphatic carbocycles. The number of pyridine rings is 1. The molecule has 7 heteroatoms. The normalized spacial score (nSPS) is 24.9. The van der Waals surface area contributed by atoms with Crippen molar-refractivity contribution in [2.75, 3.05) is 19.6 Å². The molecule has 6 nitrogen and oxygen atoms in total. The SMILES string of the molecule is Cc1noc2nc(-c3cccs3)cc(C(=O)NC3CN4CCC3CC4)c12. The smallest absolute Gasteiger partial charge is 0.259 e. The van der Waals surface area contributed by atoms with Crippen LogP contribution in [-0.2, 0) is 0 Å². The predicted octanol–water partition coefficient (Wildman–Crippen LogP) is 3.08. The number of hydrogen-bond donors (Lipinski definition) is 1. The number of thiophene rings is 1. The number of aromatic nitrogens is 2. The first kappa shape index (κ1) is 16.0. The van der Waals surface area contributed by atoms with Gasteiger partial charge in [0.2, 0.25) is 0 Å². The highest BCUT2D eigenvalue weighted by atomic mass is 32.1. The topological polar surface area (TPSA) is 71.3 Å². The molecule has 3 aliphatic rings. The lowest BCUT2D eigenvalue weighted by Gasteiger charge is -2.44. The van der Waals surface area contributed by atoms with Crippen LogP contribution < -0.4 is 5.32 Å². The number of carbonyl (C=O) groups excluding carboxylic acids is 1. The van der Waals surface area contributed by atoms with E-state index in [4.69, 9.17) is 4.52 Å². The molecule has 1 unspecified atom stereocenters. The maximum absolute atomic E-state index is 13.2. The van der Waals surface area contributed by atoms with Gasteiger partial charge >= 0.3 is 0 Å². The minimum absolute atomic E-state index is 0.0553. The van der Waals surface area contributed by atoms with Crippen LogP contribution in [0.15, 0.2) is 28.1 Å². The highest BCUT2D eigenvalue weighted by Crippen LogP contribution is 2.31. The van der Waals surface area contributed by atoms with Gasteiger partial charge in [0.25, 0.3) is 11.6 Å². The number of piperidine rings is 3. The Morgan fingerprint density at radius 3 is 2.92 bits per heavy atom. The average Bonchev–Trinajstić information content (AvgIpc) is 3.32. The van der Waals surface area contributed by atoms with Crippen molar-refractivity contribution in [3.05, 3.63) is 34.8 Å². The fraction of sp³-hybridized carbons (Fsp3) is 0.421. The second-order valence-electron chi connectivity index (χ2n) is 7.20. The van der Waals surface area contributed by atoms with Gasteiger partial charge in [-0.25, -0.2) is 4.98 Å². The van der Waals surface area contributed by atoms with Crippen molar-refractivity contribution in [3.63, 3.8) is 0 Å². The van der Waals surface area contributed by atoms with Gasteiger partial charge in [0.15, 0.2) is 0 Å². The zero-order valence-corrected chi connectivity index (χ0v) is 15.4. The lowest BCUT2D eigenvalue weighted by molar-refractivity contribution is 0.0621. The van der Waals surface area contributed by atoms with E-state index in [1.165, 1.54) is 12.8 Å². The minimum atomic E-state index is -0.0553. The number of nitrogens with one attached hydrogen (secondary N) is 1. The number of fused-ring (bicyclic) bond motifs is 4. The van der Waals surface area contributed by atoms with E-state index in [1.54, 1.807) is 11.3 Å². The molecule has 6 rings (SSSR count). The molecular formula is C19H20N4O2S. The quantitative estimate of drug-likeness (QED) is 0.769. The van der Waals surface area contributed by atoms with Gasteiger partial charge in [0, 0.05) is 12.6 Å². The molecule has 0 spiro atoms. The highest BCUT2D eigenvalue weighted by molar-refractivity contribution is 7.13. The summed E-state index contributed by atoms with van der Waals surface area (Å²) in [5, 5.41) is 10.0. The van der Waals surface area contributed by atoms with Gasteiger partial charge in [-0.05, 0) is 56.3 Å². The van der Waals surface area contributed by atoms with Crippen LogP contribution in [0.2, 0.25) is 0 Å². The molecule has 26 heavy (non-hydrogen) atoms. The van der Waals surface area contributed by atoms with Crippen LogP contribution in [0.4, 0.5) is 0 Å². The molecule has 3 aliphatic heterocycles. The van der Waals surface area contributed by atoms with Crippen LogP contribution in [0, 0.1) is 12.8 Å². The van der Waals surface area contributed by atoms with Crippen molar-refractivity contribution in [1.82, 2.24) is 20.4 Å². The van der Waals surface area contributed by atoms with Crippen molar-refractivity contribution in [2.45, 2.75) is 25.8 Å². The summed E-state index contributed by atoms with van der Waals surface area (Å²) in [6.07, 6.45) is 2.34. The van der Waals surface area contributed by atoms with E-state index in [0.717, 1.165) is 30.2 Å². The molecule has 3 aromatic rings. The third-order valence-electron chi connectivity index (χ3n) is 5.61. The Bertz CT molecular complexity index is 957. The predicted molar refractivity (Wildman–Crippen MR) is 100 cm³/mol. The third kappa shape index (κ3) is 2.62. The van der Waals surface area contributed by atoms with Gasteiger partial charge in [0.1, 0.15) is 0 Å². The van der Waals surface area contributed by atoms with Crippen LogP contribution in [0.3, 0.4) is 0 Å². The molecule has 1 amide bonds. The Labute approximate surface area is 155 Å². The Kier molecular flexibility index (Phi) is 3.79. The van der Waals surface area contributed by atoms with Gasteiger partial charge in [-0.15, -0.1) is 11.3 Å². The first-order valence-electron chi connectivity index (χ1n) is 9.03. The van der Waals surface area contributed by atoms with E-state index in [2.05, 4.69) is 20.4 Å². The van der Waals surface area contributed by atoms with Crippen molar-refractivity contribution in [3.8, 4) is 10.6 Å². The Balaban J connectivity index is 1.52. The van der Waals surface area contributed by atoms with Crippen molar-refractivity contribution in [1.29, 1.82) is 0 Å². The molecule has 1 N–H and O–H groups in total.